The fourth-order valence-corrected chi connectivity index (χ4v) is 3.36. The zero-order chi connectivity index (χ0) is 15.6. The molecular weight excluding hydrogens is 292 g/mol. The third-order valence-electron chi connectivity index (χ3n) is 3.75. The Morgan fingerprint density at radius 2 is 2.19 bits per heavy atom. The molecule has 0 bridgehead atoms. The standard InChI is InChI=1S/C13H20N4O3S/c1-4-8-15-16-11(21-8)14-12(20)17-7-5-6-13(2,3)9(17)10(18)19/h9H,4-7H2,1-3H3,(H,18,19)(H,14,16,20). The van der Waals surface area contributed by atoms with E-state index in [1.165, 1.54) is 16.2 Å². The fraction of sp³-hybridized carbons (Fsp3) is 0.692. The molecule has 0 aliphatic carbocycles. The van der Waals surface area contributed by atoms with Crippen LogP contribution < -0.4 is 5.32 Å². The highest BCUT2D eigenvalue weighted by Gasteiger charge is 2.44. The molecule has 7 nitrogen and oxygen atoms in total. The highest BCUT2D eigenvalue weighted by Crippen LogP contribution is 2.35. The lowest BCUT2D eigenvalue weighted by Gasteiger charge is -2.43. The first-order valence-electron chi connectivity index (χ1n) is 6.98. The Balaban J connectivity index is 2.14. The summed E-state index contributed by atoms with van der Waals surface area (Å²) >= 11 is 1.31. The summed E-state index contributed by atoms with van der Waals surface area (Å²) in [5.74, 6) is -0.971. The third-order valence-corrected chi connectivity index (χ3v) is 4.73. The zero-order valence-corrected chi connectivity index (χ0v) is 13.2. The van der Waals surface area contributed by atoms with E-state index in [1.54, 1.807) is 0 Å². The van der Waals surface area contributed by atoms with Gasteiger partial charge in [-0.05, 0) is 24.7 Å². The predicted octanol–water partition coefficient (Wildman–Crippen LogP) is 2.21. The molecule has 1 atom stereocenters. The number of anilines is 1. The van der Waals surface area contributed by atoms with Crippen molar-refractivity contribution in [1.29, 1.82) is 0 Å². The zero-order valence-electron chi connectivity index (χ0n) is 12.4. The van der Waals surface area contributed by atoms with Crippen molar-refractivity contribution < 1.29 is 14.7 Å². The molecule has 0 aromatic carbocycles. The van der Waals surface area contributed by atoms with E-state index in [4.69, 9.17) is 0 Å². The largest absolute Gasteiger partial charge is 0.480 e. The van der Waals surface area contributed by atoms with E-state index in [9.17, 15) is 14.7 Å². The molecule has 0 saturated carbocycles. The van der Waals surface area contributed by atoms with Crippen LogP contribution in [0.5, 0.6) is 0 Å². The second kappa shape index (κ2) is 5.97. The number of amides is 2. The van der Waals surface area contributed by atoms with E-state index in [1.807, 2.05) is 20.8 Å². The summed E-state index contributed by atoms with van der Waals surface area (Å²) in [6.07, 6.45) is 2.33. The maximum atomic E-state index is 12.4. The van der Waals surface area contributed by atoms with Crippen molar-refractivity contribution >= 4 is 28.5 Å². The van der Waals surface area contributed by atoms with Crippen molar-refractivity contribution in [2.75, 3.05) is 11.9 Å². The summed E-state index contributed by atoms with van der Waals surface area (Å²) in [5.41, 5.74) is -0.447. The third kappa shape index (κ3) is 3.31. The van der Waals surface area contributed by atoms with Gasteiger partial charge in [0.05, 0.1) is 0 Å². The molecule has 2 N–H and O–H groups in total. The molecule has 1 aliphatic heterocycles. The minimum atomic E-state index is -0.971. The fourth-order valence-electron chi connectivity index (χ4n) is 2.69. The average molecular weight is 312 g/mol. The van der Waals surface area contributed by atoms with Crippen LogP contribution in [0.1, 0.15) is 38.6 Å². The first-order chi connectivity index (χ1) is 9.85. The Bertz CT molecular complexity index is 543. The molecule has 2 amide bonds. The predicted molar refractivity (Wildman–Crippen MR) is 79.5 cm³/mol. The maximum Gasteiger partial charge on any atom is 0.327 e. The number of nitrogens with one attached hydrogen (secondary N) is 1. The van der Waals surface area contributed by atoms with E-state index in [-0.39, 0.29) is 0 Å². The molecule has 1 saturated heterocycles. The number of carboxylic acid groups (broad SMARTS) is 1. The number of carboxylic acids is 1. The number of nitrogens with zero attached hydrogens (tertiary/aromatic N) is 3. The van der Waals surface area contributed by atoms with Gasteiger partial charge in [-0.25, -0.2) is 9.59 Å². The van der Waals surface area contributed by atoms with Crippen LogP contribution in [0, 0.1) is 5.41 Å². The Morgan fingerprint density at radius 1 is 1.48 bits per heavy atom. The highest BCUT2D eigenvalue weighted by molar-refractivity contribution is 7.15. The summed E-state index contributed by atoms with van der Waals surface area (Å²) < 4.78 is 0. The van der Waals surface area contributed by atoms with E-state index < -0.39 is 23.5 Å². The van der Waals surface area contributed by atoms with Crippen LogP contribution in [-0.2, 0) is 11.2 Å². The van der Waals surface area contributed by atoms with Gasteiger partial charge in [0.2, 0.25) is 5.13 Å². The lowest BCUT2D eigenvalue weighted by Crippen LogP contribution is -2.57. The minimum absolute atomic E-state index is 0.407. The number of hydrogen-bond acceptors (Lipinski definition) is 5. The SMILES string of the molecule is CCc1nnc(NC(=O)N2CCCC(C)(C)C2C(=O)O)s1. The Morgan fingerprint density at radius 3 is 2.76 bits per heavy atom. The first-order valence-corrected chi connectivity index (χ1v) is 7.79. The number of hydrogen-bond donors (Lipinski definition) is 2. The normalized spacial score (nSPS) is 21.1. The number of rotatable bonds is 3. The van der Waals surface area contributed by atoms with Gasteiger partial charge in [-0.1, -0.05) is 32.1 Å². The molecule has 116 valence electrons. The van der Waals surface area contributed by atoms with Crippen LogP contribution in [0.2, 0.25) is 0 Å². The second-order valence-electron chi connectivity index (χ2n) is 5.81. The number of carbonyl (C=O) groups is 2. The van der Waals surface area contributed by atoms with E-state index in [0.717, 1.165) is 24.3 Å². The van der Waals surface area contributed by atoms with Gasteiger partial charge in [0.25, 0.3) is 0 Å². The van der Waals surface area contributed by atoms with Crippen LogP contribution in [0.4, 0.5) is 9.93 Å². The molecular formula is C13H20N4O3S. The van der Waals surface area contributed by atoms with Crippen molar-refractivity contribution in [3.8, 4) is 0 Å². The molecule has 2 rings (SSSR count). The van der Waals surface area contributed by atoms with Crippen LogP contribution in [0.25, 0.3) is 0 Å². The van der Waals surface area contributed by atoms with Gasteiger partial charge in [-0.3, -0.25) is 5.32 Å². The lowest BCUT2D eigenvalue weighted by molar-refractivity contribution is -0.148. The molecule has 2 heterocycles. The van der Waals surface area contributed by atoms with Crippen LogP contribution in [0.15, 0.2) is 0 Å². The molecule has 0 radical (unpaired) electrons. The Hall–Kier alpha value is -1.70. The quantitative estimate of drug-likeness (QED) is 0.892. The number of aryl methyl sites for hydroxylation is 1. The average Bonchev–Trinajstić information content (AvgIpc) is 2.84. The monoisotopic (exact) mass is 312 g/mol. The number of urea groups is 1. The Labute approximate surface area is 127 Å². The van der Waals surface area contributed by atoms with Gasteiger partial charge in [-0.15, -0.1) is 10.2 Å². The lowest BCUT2D eigenvalue weighted by atomic mass is 9.76. The van der Waals surface area contributed by atoms with E-state index in [2.05, 4.69) is 15.5 Å². The van der Waals surface area contributed by atoms with Crippen LogP contribution in [0.3, 0.4) is 0 Å². The number of piperidine rings is 1. The molecule has 8 heteroatoms. The van der Waals surface area contributed by atoms with Crippen molar-refractivity contribution in [3.05, 3.63) is 5.01 Å². The second-order valence-corrected chi connectivity index (χ2v) is 6.87. The summed E-state index contributed by atoms with van der Waals surface area (Å²) in [6.45, 7) is 6.15. The van der Waals surface area contributed by atoms with E-state index in [0.29, 0.717) is 11.7 Å². The molecule has 1 aliphatic rings. The van der Waals surface area contributed by atoms with Crippen LogP contribution in [-0.4, -0.2) is 44.8 Å². The van der Waals surface area contributed by atoms with Gasteiger partial charge in [0.15, 0.2) is 0 Å². The topological polar surface area (TPSA) is 95.4 Å². The minimum Gasteiger partial charge on any atom is -0.480 e. The first kappa shape index (κ1) is 15.7. The number of aliphatic carboxylic acids is 1. The molecule has 1 aromatic heterocycles. The molecule has 1 fully saturated rings. The molecule has 1 aromatic rings. The van der Waals surface area contributed by atoms with Crippen LogP contribution >= 0.6 is 11.3 Å². The van der Waals surface area contributed by atoms with Gasteiger partial charge in [0, 0.05) is 6.54 Å². The number of aromatic nitrogens is 2. The molecule has 0 spiro atoms. The smallest absolute Gasteiger partial charge is 0.327 e. The maximum absolute atomic E-state index is 12.4. The summed E-state index contributed by atoms with van der Waals surface area (Å²) in [5, 5.41) is 21.2. The van der Waals surface area contributed by atoms with Gasteiger partial charge in [0.1, 0.15) is 11.0 Å². The highest BCUT2D eigenvalue weighted by atomic mass is 32.1. The van der Waals surface area contributed by atoms with E-state index >= 15 is 0 Å². The molecule has 1 unspecified atom stereocenters. The van der Waals surface area contributed by atoms with Crippen molar-refractivity contribution in [2.24, 2.45) is 5.41 Å². The van der Waals surface area contributed by atoms with Crippen molar-refractivity contribution in [1.82, 2.24) is 15.1 Å². The Kier molecular flexibility index (Phi) is 4.46. The van der Waals surface area contributed by atoms with Crippen molar-refractivity contribution in [3.63, 3.8) is 0 Å². The summed E-state index contributed by atoms with van der Waals surface area (Å²) in [7, 11) is 0. The van der Waals surface area contributed by atoms with Gasteiger partial charge in [-0.2, -0.15) is 0 Å². The van der Waals surface area contributed by atoms with Gasteiger partial charge < -0.3 is 10.0 Å². The number of carbonyl (C=O) groups excluding carboxylic acids is 1. The summed E-state index contributed by atoms with van der Waals surface area (Å²) in [4.78, 5) is 25.3. The molecule has 21 heavy (non-hydrogen) atoms. The summed E-state index contributed by atoms with van der Waals surface area (Å²) in [6, 6.07) is -1.25. The van der Waals surface area contributed by atoms with Gasteiger partial charge >= 0.3 is 12.0 Å². The van der Waals surface area contributed by atoms with Crippen molar-refractivity contribution in [2.45, 2.75) is 46.1 Å². The number of likely N-dealkylation sites (tertiary alicyclic amines) is 1.